The van der Waals surface area contributed by atoms with Gasteiger partial charge in [0.15, 0.2) is 11.6 Å². The van der Waals surface area contributed by atoms with E-state index in [2.05, 4.69) is 10.1 Å². The number of halogens is 4. The fraction of sp³-hybridized carbons (Fsp3) is 0. The molecule has 29 heavy (non-hydrogen) atoms. The summed E-state index contributed by atoms with van der Waals surface area (Å²) in [6, 6.07) is 6.60. The number of benzene rings is 2. The molecule has 0 bridgehead atoms. The van der Waals surface area contributed by atoms with E-state index in [4.69, 9.17) is 17.3 Å². The highest BCUT2D eigenvalue weighted by atomic mass is 35.5. The third kappa shape index (κ3) is 2.95. The molecule has 146 valence electrons. The summed E-state index contributed by atoms with van der Waals surface area (Å²) in [4.78, 5) is 26.1. The molecule has 0 aliphatic rings. The van der Waals surface area contributed by atoms with Crippen LogP contribution in [0.3, 0.4) is 0 Å². The number of carbonyl (C=O) groups excluding carboxylic acids is 1. The van der Waals surface area contributed by atoms with Crippen LogP contribution >= 0.6 is 11.6 Å². The minimum Gasteiger partial charge on any atom is -0.366 e. The van der Waals surface area contributed by atoms with Gasteiger partial charge >= 0.3 is 0 Å². The van der Waals surface area contributed by atoms with Gasteiger partial charge in [-0.3, -0.25) is 9.59 Å². The number of amides is 1. The van der Waals surface area contributed by atoms with Crippen LogP contribution in [0.4, 0.5) is 13.2 Å². The van der Waals surface area contributed by atoms with Gasteiger partial charge in [-0.1, -0.05) is 23.7 Å². The normalized spacial score (nSPS) is 11.2. The first-order valence-corrected chi connectivity index (χ1v) is 8.51. The van der Waals surface area contributed by atoms with Crippen LogP contribution in [0.1, 0.15) is 10.4 Å². The van der Waals surface area contributed by atoms with Gasteiger partial charge in [-0.05, 0) is 24.3 Å². The van der Waals surface area contributed by atoms with Crippen LogP contribution in [-0.4, -0.2) is 20.7 Å². The monoisotopic (exact) mass is 418 g/mol. The zero-order chi connectivity index (χ0) is 20.9. The smallest absolute Gasteiger partial charge is 0.259 e. The number of aromatic nitrogens is 3. The molecule has 0 saturated carbocycles. The third-order valence-electron chi connectivity index (χ3n) is 4.33. The molecule has 4 rings (SSSR count). The minimum absolute atomic E-state index is 0.0322. The lowest BCUT2D eigenvalue weighted by Crippen LogP contribution is -2.13. The van der Waals surface area contributed by atoms with Gasteiger partial charge < -0.3 is 10.7 Å². The second-order valence-corrected chi connectivity index (χ2v) is 6.49. The van der Waals surface area contributed by atoms with E-state index in [0.717, 1.165) is 35.1 Å². The summed E-state index contributed by atoms with van der Waals surface area (Å²) in [6.07, 6.45) is 1.16. The Balaban J connectivity index is 2.10. The van der Waals surface area contributed by atoms with Crippen LogP contribution < -0.4 is 11.3 Å². The Morgan fingerprint density at radius 2 is 1.79 bits per heavy atom. The number of hydrogen-bond acceptors (Lipinski definition) is 3. The Bertz CT molecular complexity index is 1340. The van der Waals surface area contributed by atoms with Crippen LogP contribution in [-0.2, 0) is 0 Å². The number of aromatic amines is 1. The van der Waals surface area contributed by atoms with Gasteiger partial charge in [0, 0.05) is 11.8 Å². The van der Waals surface area contributed by atoms with Crippen molar-refractivity contribution in [3.63, 3.8) is 0 Å². The molecular formula is C19H10ClF3N4O2. The number of H-pyrrole nitrogens is 1. The first kappa shape index (κ1) is 18.8. The Kier molecular flexibility index (Phi) is 4.39. The van der Waals surface area contributed by atoms with Crippen molar-refractivity contribution in [2.24, 2.45) is 5.73 Å². The summed E-state index contributed by atoms with van der Waals surface area (Å²) in [5.74, 6) is -3.79. The molecule has 10 heteroatoms. The summed E-state index contributed by atoms with van der Waals surface area (Å²) in [5.41, 5.74) is 3.48. The number of nitrogens with zero attached hydrogens (tertiary/aromatic N) is 2. The Hall–Kier alpha value is -3.59. The van der Waals surface area contributed by atoms with Gasteiger partial charge in [-0.2, -0.15) is 5.10 Å². The molecule has 1 amide bonds. The minimum atomic E-state index is -0.973. The summed E-state index contributed by atoms with van der Waals surface area (Å²) in [6.45, 7) is 0. The van der Waals surface area contributed by atoms with E-state index in [0.29, 0.717) is 0 Å². The van der Waals surface area contributed by atoms with Crippen molar-refractivity contribution >= 4 is 28.4 Å². The highest BCUT2D eigenvalue weighted by Crippen LogP contribution is 2.33. The molecule has 3 N–H and O–H groups in total. The molecule has 0 fully saturated rings. The molecule has 0 saturated heterocycles. The second kappa shape index (κ2) is 6.78. The average Bonchev–Trinajstić information content (AvgIpc) is 3.06. The standard InChI is InChI=1S/C19H10ClF3N4O2/c20-10-7-25-19(29)14-15(8-4-5-9(18(24)28)13(23)6-8)26-27(16(10)14)17-11(21)2-1-3-12(17)22/h1-7H,(H2,24,28)(H,25,29). The van der Waals surface area contributed by atoms with E-state index in [1.54, 1.807) is 0 Å². The van der Waals surface area contributed by atoms with Gasteiger partial charge in [0.05, 0.1) is 16.0 Å². The molecule has 6 nitrogen and oxygen atoms in total. The zero-order valence-corrected chi connectivity index (χ0v) is 15.1. The Morgan fingerprint density at radius 1 is 1.10 bits per heavy atom. The van der Waals surface area contributed by atoms with Crippen LogP contribution in [0.15, 0.2) is 47.4 Å². The van der Waals surface area contributed by atoms with Crippen molar-refractivity contribution < 1.29 is 18.0 Å². The first-order valence-electron chi connectivity index (χ1n) is 8.13. The van der Waals surface area contributed by atoms with Gasteiger partial charge in [-0.25, -0.2) is 17.9 Å². The van der Waals surface area contributed by atoms with Crippen LogP contribution in [0, 0.1) is 17.5 Å². The molecule has 0 spiro atoms. The molecule has 2 heterocycles. The van der Waals surface area contributed by atoms with Crippen LogP contribution in [0.2, 0.25) is 5.02 Å². The average molecular weight is 419 g/mol. The number of fused-ring (bicyclic) bond motifs is 1. The maximum atomic E-state index is 14.4. The van der Waals surface area contributed by atoms with Gasteiger partial charge in [0.1, 0.15) is 22.7 Å². The number of nitrogens with two attached hydrogens (primary N) is 1. The summed E-state index contributed by atoms with van der Waals surface area (Å²) in [5, 5.41) is 4.00. The summed E-state index contributed by atoms with van der Waals surface area (Å²) >= 11 is 6.18. The fourth-order valence-corrected chi connectivity index (χ4v) is 3.27. The SMILES string of the molecule is NC(=O)c1ccc(-c2nn(-c3c(F)cccc3F)c3c(Cl)c[nH]c(=O)c23)cc1F. The third-order valence-corrected chi connectivity index (χ3v) is 4.61. The lowest BCUT2D eigenvalue weighted by atomic mass is 10.1. The highest BCUT2D eigenvalue weighted by Gasteiger charge is 2.23. The Morgan fingerprint density at radius 3 is 2.41 bits per heavy atom. The Labute approximate surface area is 165 Å². The molecule has 0 unspecified atom stereocenters. The molecule has 0 atom stereocenters. The van der Waals surface area contributed by atoms with Crippen LogP contribution in [0.5, 0.6) is 0 Å². The van der Waals surface area contributed by atoms with E-state index < -0.39 is 34.6 Å². The second-order valence-electron chi connectivity index (χ2n) is 6.08. The predicted octanol–water partition coefficient (Wildman–Crippen LogP) is 3.55. The van der Waals surface area contributed by atoms with Crippen molar-refractivity contribution in [1.29, 1.82) is 0 Å². The summed E-state index contributed by atoms with van der Waals surface area (Å²) < 4.78 is 43.9. The maximum absolute atomic E-state index is 14.4. The van der Waals surface area contributed by atoms with Gasteiger partial charge in [0.25, 0.3) is 11.5 Å². The predicted molar refractivity (Wildman–Crippen MR) is 101 cm³/mol. The number of para-hydroxylation sites is 1. The van der Waals surface area contributed by atoms with Gasteiger partial charge in [-0.15, -0.1) is 0 Å². The maximum Gasteiger partial charge on any atom is 0.259 e. The number of primary amides is 1. The largest absolute Gasteiger partial charge is 0.366 e. The lowest BCUT2D eigenvalue weighted by molar-refractivity contribution is 0.0996. The highest BCUT2D eigenvalue weighted by molar-refractivity contribution is 6.35. The quantitative estimate of drug-likeness (QED) is 0.532. The summed E-state index contributed by atoms with van der Waals surface area (Å²) in [7, 11) is 0. The van der Waals surface area contributed by atoms with E-state index in [9.17, 15) is 22.8 Å². The van der Waals surface area contributed by atoms with Gasteiger partial charge in [0.2, 0.25) is 0 Å². The van der Waals surface area contributed by atoms with Crippen molar-refractivity contribution in [2.75, 3.05) is 0 Å². The molecular weight excluding hydrogens is 409 g/mol. The molecule has 4 aromatic rings. The number of carbonyl (C=O) groups is 1. The topological polar surface area (TPSA) is 93.8 Å². The van der Waals surface area contributed by atoms with E-state index in [-0.39, 0.29) is 32.7 Å². The van der Waals surface area contributed by atoms with Crippen LogP contribution in [0.25, 0.3) is 27.8 Å². The number of pyridine rings is 1. The van der Waals surface area contributed by atoms with Crippen molar-refractivity contribution in [2.45, 2.75) is 0 Å². The van der Waals surface area contributed by atoms with E-state index in [1.165, 1.54) is 12.1 Å². The number of nitrogens with one attached hydrogen (secondary N) is 1. The van der Waals surface area contributed by atoms with E-state index >= 15 is 0 Å². The molecule has 0 aliphatic heterocycles. The fourth-order valence-electron chi connectivity index (χ4n) is 3.04. The van der Waals surface area contributed by atoms with Crippen molar-refractivity contribution in [3.8, 4) is 16.9 Å². The zero-order valence-electron chi connectivity index (χ0n) is 14.3. The molecule has 2 aromatic carbocycles. The molecule has 0 aliphatic carbocycles. The van der Waals surface area contributed by atoms with Crippen molar-refractivity contribution in [1.82, 2.24) is 14.8 Å². The number of rotatable bonds is 3. The number of hydrogen-bond donors (Lipinski definition) is 2. The van der Waals surface area contributed by atoms with Crippen molar-refractivity contribution in [3.05, 3.63) is 81.0 Å². The lowest BCUT2D eigenvalue weighted by Gasteiger charge is -2.07. The van der Waals surface area contributed by atoms with E-state index in [1.807, 2.05) is 0 Å². The first-order chi connectivity index (χ1) is 13.8. The molecule has 2 aromatic heterocycles. The molecule has 0 radical (unpaired) electrons.